The van der Waals surface area contributed by atoms with E-state index < -0.39 is 18.4 Å². The fourth-order valence-corrected chi connectivity index (χ4v) is 3.06. The van der Waals surface area contributed by atoms with Crippen molar-refractivity contribution in [1.29, 1.82) is 0 Å². The first-order valence-corrected chi connectivity index (χ1v) is 10.3. The van der Waals surface area contributed by atoms with E-state index in [-0.39, 0.29) is 12.2 Å². The summed E-state index contributed by atoms with van der Waals surface area (Å²) in [6.45, 7) is 4.16. The van der Waals surface area contributed by atoms with Crippen molar-refractivity contribution in [3.63, 3.8) is 0 Å². The fourth-order valence-electron chi connectivity index (χ4n) is 3.06. The van der Waals surface area contributed by atoms with E-state index in [1.807, 2.05) is 37.3 Å². The standard InChI is InChI=1S/C25H25NO6/c1-3-30-25(29)20(16-23(27)28)15-18-9-11-21(12-10-18)31-14-13-22-17(2)32-24(26-22)19-7-5-4-6-8-19/h4-12,15H,3,13-14,16H2,1-2H3,(H,27,28)/b20-15+. The Labute approximate surface area is 186 Å². The molecule has 0 amide bonds. The van der Waals surface area contributed by atoms with Crippen LogP contribution in [-0.2, 0) is 20.7 Å². The zero-order valence-corrected chi connectivity index (χ0v) is 18.0. The van der Waals surface area contributed by atoms with Gasteiger partial charge in [0.2, 0.25) is 5.89 Å². The van der Waals surface area contributed by atoms with Crippen molar-refractivity contribution in [2.45, 2.75) is 26.7 Å². The van der Waals surface area contributed by atoms with Gasteiger partial charge in [-0.25, -0.2) is 9.78 Å². The number of carboxylic acid groups (broad SMARTS) is 1. The lowest BCUT2D eigenvalue weighted by molar-refractivity contribution is -0.142. The van der Waals surface area contributed by atoms with E-state index in [0.29, 0.717) is 30.2 Å². The Hall–Kier alpha value is -3.87. The van der Waals surface area contributed by atoms with Crippen LogP contribution in [0.1, 0.15) is 30.4 Å². The SMILES string of the molecule is CCOC(=O)/C(=C/c1ccc(OCCc2nc(-c3ccccc3)oc2C)cc1)CC(=O)O. The molecule has 3 aromatic rings. The van der Waals surface area contributed by atoms with Crippen LogP contribution in [0.2, 0.25) is 0 Å². The van der Waals surface area contributed by atoms with Crippen LogP contribution in [0.5, 0.6) is 5.75 Å². The number of aromatic nitrogens is 1. The van der Waals surface area contributed by atoms with Crippen molar-refractivity contribution in [2.75, 3.05) is 13.2 Å². The minimum atomic E-state index is -1.09. The molecule has 0 aliphatic carbocycles. The molecular formula is C25H25NO6. The number of aryl methyl sites for hydroxylation is 1. The second-order valence-corrected chi connectivity index (χ2v) is 7.02. The first-order valence-electron chi connectivity index (χ1n) is 10.3. The predicted octanol–water partition coefficient (Wildman–Crippen LogP) is 4.69. The highest BCUT2D eigenvalue weighted by atomic mass is 16.5. The van der Waals surface area contributed by atoms with Crippen LogP contribution in [0, 0.1) is 6.92 Å². The van der Waals surface area contributed by atoms with E-state index in [1.54, 1.807) is 31.2 Å². The molecule has 1 heterocycles. The van der Waals surface area contributed by atoms with E-state index in [9.17, 15) is 9.59 Å². The quantitative estimate of drug-likeness (QED) is 0.364. The Morgan fingerprint density at radius 2 is 1.81 bits per heavy atom. The molecule has 1 aromatic heterocycles. The number of carboxylic acids is 1. The number of hydrogen-bond acceptors (Lipinski definition) is 6. The molecule has 7 heteroatoms. The summed E-state index contributed by atoms with van der Waals surface area (Å²) in [4.78, 5) is 27.5. The van der Waals surface area contributed by atoms with Crippen LogP contribution in [-0.4, -0.2) is 35.2 Å². The van der Waals surface area contributed by atoms with Crippen molar-refractivity contribution in [3.8, 4) is 17.2 Å². The summed E-state index contributed by atoms with van der Waals surface area (Å²) in [5.74, 6) is 0.282. The lowest BCUT2D eigenvalue weighted by Gasteiger charge is -2.07. The molecule has 0 unspecified atom stereocenters. The number of ether oxygens (including phenoxy) is 2. The maximum Gasteiger partial charge on any atom is 0.334 e. The second kappa shape index (κ2) is 10.9. The summed E-state index contributed by atoms with van der Waals surface area (Å²) in [6.07, 6.45) is 1.70. The molecule has 0 saturated carbocycles. The predicted molar refractivity (Wildman–Crippen MR) is 119 cm³/mol. The van der Waals surface area contributed by atoms with Gasteiger partial charge in [0.25, 0.3) is 0 Å². The van der Waals surface area contributed by atoms with E-state index in [1.165, 1.54) is 6.08 Å². The molecule has 0 saturated heterocycles. The first-order chi connectivity index (χ1) is 15.5. The first kappa shape index (κ1) is 22.8. The van der Waals surface area contributed by atoms with Crippen LogP contribution < -0.4 is 4.74 Å². The molecule has 2 aromatic carbocycles. The van der Waals surface area contributed by atoms with Gasteiger partial charge in [0.1, 0.15) is 11.5 Å². The zero-order chi connectivity index (χ0) is 22.9. The Kier molecular flexibility index (Phi) is 7.80. The second-order valence-electron chi connectivity index (χ2n) is 7.02. The largest absolute Gasteiger partial charge is 0.493 e. The summed E-state index contributed by atoms with van der Waals surface area (Å²) >= 11 is 0. The molecule has 0 bridgehead atoms. The molecule has 166 valence electrons. The summed E-state index contributed by atoms with van der Waals surface area (Å²) in [5, 5.41) is 9.02. The maximum absolute atomic E-state index is 12.0. The van der Waals surface area contributed by atoms with Gasteiger partial charge in [-0.3, -0.25) is 4.79 Å². The highest BCUT2D eigenvalue weighted by Gasteiger charge is 2.15. The molecule has 1 N–H and O–H groups in total. The van der Waals surface area contributed by atoms with Gasteiger partial charge in [-0.2, -0.15) is 0 Å². The lowest BCUT2D eigenvalue weighted by Crippen LogP contribution is -2.11. The molecule has 3 rings (SSSR count). The molecule has 0 aliphatic rings. The van der Waals surface area contributed by atoms with Gasteiger partial charge in [0.05, 0.1) is 25.3 Å². The van der Waals surface area contributed by atoms with Crippen molar-refractivity contribution in [2.24, 2.45) is 0 Å². The van der Waals surface area contributed by atoms with Gasteiger partial charge in [-0.1, -0.05) is 30.3 Å². The van der Waals surface area contributed by atoms with E-state index in [4.69, 9.17) is 19.0 Å². The number of oxazole rings is 1. The van der Waals surface area contributed by atoms with Crippen molar-refractivity contribution in [1.82, 2.24) is 4.98 Å². The minimum Gasteiger partial charge on any atom is -0.493 e. The highest BCUT2D eigenvalue weighted by molar-refractivity contribution is 5.97. The summed E-state index contributed by atoms with van der Waals surface area (Å²) in [6, 6.07) is 16.8. The summed E-state index contributed by atoms with van der Waals surface area (Å²) < 4.78 is 16.5. The zero-order valence-electron chi connectivity index (χ0n) is 18.0. The van der Waals surface area contributed by atoms with Crippen LogP contribution >= 0.6 is 0 Å². The Bertz CT molecular complexity index is 1080. The Balaban J connectivity index is 1.60. The Morgan fingerprint density at radius 3 is 2.47 bits per heavy atom. The number of carbonyl (C=O) groups excluding carboxylic acids is 1. The lowest BCUT2D eigenvalue weighted by atomic mass is 10.1. The molecule has 0 spiro atoms. The number of rotatable bonds is 10. The molecule has 32 heavy (non-hydrogen) atoms. The van der Waals surface area contributed by atoms with Gasteiger partial charge in [0.15, 0.2) is 0 Å². The topological polar surface area (TPSA) is 98.9 Å². The van der Waals surface area contributed by atoms with Gasteiger partial charge >= 0.3 is 11.9 Å². The van der Waals surface area contributed by atoms with E-state index in [0.717, 1.165) is 17.0 Å². The summed E-state index contributed by atoms with van der Waals surface area (Å²) in [5.41, 5.74) is 2.54. The fraction of sp³-hybridized carbons (Fsp3) is 0.240. The average Bonchev–Trinajstić information content (AvgIpc) is 3.15. The highest BCUT2D eigenvalue weighted by Crippen LogP contribution is 2.22. The number of benzene rings is 2. The van der Waals surface area contributed by atoms with E-state index >= 15 is 0 Å². The normalized spacial score (nSPS) is 11.2. The van der Waals surface area contributed by atoms with Gasteiger partial charge in [-0.05, 0) is 49.8 Å². The average molecular weight is 435 g/mol. The van der Waals surface area contributed by atoms with Gasteiger partial charge in [-0.15, -0.1) is 0 Å². The number of nitrogens with zero attached hydrogens (tertiary/aromatic N) is 1. The molecule has 7 nitrogen and oxygen atoms in total. The number of hydrogen-bond donors (Lipinski definition) is 1. The molecule has 0 radical (unpaired) electrons. The summed E-state index contributed by atoms with van der Waals surface area (Å²) in [7, 11) is 0. The van der Waals surface area contributed by atoms with Crippen molar-refractivity contribution in [3.05, 3.63) is 77.2 Å². The minimum absolute atomic E-state index is 0.0868. The van der Waals surface area contributed by atoms with Gasteiger partial charge < -0.3 is 19.0 Å². The maximum atomic E-state index is 12.0. The Morgan fingerprint density at radius 1 is 1.09 bits per heavy atom. The monoisotopic (exact) mass is 435 g/mol. The number of esters is 1. The number of carbonyl (C=O) groups is 2. The molecule has 0 atom stereocenters. The molecular weight excluding hydrogens is 410 g/mol. The van der Waals surface area contributed by atoms with Crippen molar-refractivity contribution >= 4 is 18.0 Å². The third kappa shape index (κ3) is 6.31. The molecule has 0 fully saturated rings. The smallest absolute Gasteiger partial charge is 0.334 e. The van der Waals surface area contributed by atoms with Crippen molar-refractivity contribution < 1.29 is 28.6 Å². The number of aliphatic carboxylic acids is 1. The van der Waals surface area contributed by atoms with Gasteiger partial charge in [0, 0.05) is 17.6 Å². The van der Waals surface area contributed by atoms with E-state index in [2.05, 4.69) is 4.98 Å². The van der Waals surface area contributed by atoms with Crippen LogP contribution in [0.4, 0.5) is 0 Å². The van der Waals surface area contributed by atoms with Crippen LogP contribution in [0.25, 0.3) is 17.5 Å². The third-order valence-corrected chi connectivity index (χ3v) is 4.62. The van der Waals surface area contributed by atoms with Crippen LogP contribution in [0.15, 0.2) is 64.6 Å². The molecule has 0 aliphatic heterocycles. The third-order valence-electron chi connectivity index (χ3n) is 4.62. The van der Waals surface area contributed by atoms with Crippen LogP contribution in [0.3, 0.4) is 0 Å².